The normalized spacial score (nSPS) is 14.8. The number of carboxylic acids is 1. The van der Waals surface area contributed by atoms with Crippen molar-refractivity contribution in [1.82, 2.24) is 15.2 Å². The van der Waals surface area contributed by atoms with Crippen molar-refractivity contribution in [2.45, 2.75) is 83.8 Å². The van der Waals surface area contributed by atoms with E-state index in [4.69, 9.17) is 9.72 Å². The molecule has 1 aromatic rings. The van der Waals surface area contributed by atoms with Crippen molar-refractivity contribution in [3.8, 4) is 0 Å². The van der Waals surface area contributed by atoms with Gasteiger partial charge in [-0.2, -0.15) is 0 Å². The smallest absolute Gasteiger partial charge is 0.326 e. The first kappa shape index (κ1) is 30.0. The highest BCUT2D eigenvalue weighted by Gasteiger charge is 2.23. The van der Waals surface area contributed by atoms with Crippen LogP contribution in [-0.4, -0.2) is 79.0 Å². The molecule has 1 amide bonds. The van der Waals surface area contributed by atoms with Crippen LogP contribution in [0.5, 0.6) is 0 Å². The lowest BCUT2D eigenvalue weighted by atomic mass is 9.99. The standard InChI is InChI=1S/C27H45FN4O4/c1-4-20(5-2)17-25(33)31-24(27(34)35)13-16-32(19-23(18-28)36-3)15-7-6-10-22-12-11-21-9-8-14-29-26(21)30-22/h11-12,20,23-24H,4-10,13-19H2,1-3H3,(H,29,30)(H,31,33)(H,34,35). The SMILES string of the molecule is CCC(CC)CC(=O)NC(CCN(CCCCc1ccc2c(n1)NCCC2)CC(CF)OC)C(=O)O. The van der Waals surface area contributed by atoms with Crippen LogP contribution in [0.25, 0.3) is 0 Å². The summed E-state index contributed by atoms with van der Waals surface area (Å²) in [6.07, 6.45) is 6.63. The van der Waals surface area contributed by atoms with Crippen LogP contribution in [0, 0.1) is 5.92 Å². The number of amides is 1. The number of carbonyl (C=O) groups excluding carboxylic acids is 1. The Morgan fingerprint density at radius 2 is 2.03 bits per heavy atom. The number of unbranched alkanes of at least 4 members (excludes halogenated alkanes) is 1. The van der Waals surface area contributed by atoms with E-state index in [2.05, 4.69) is 22.8 Å². The van der Waals surface area contributed by atoms with Crippen molar-refractivity contribution in [1.29, 1.82) is 0 Å². The number of anilines is 1. The van der Waals surface area contributed by atoms with Gasteiger partial charge in [-0.05, 0) is 62.6 Å². The lowest BCUT2D eigenvalue weighted by Gasteiger charge is -2.27. The number of nitrogens with one attached hydrogen (secondary N) is 2. The van der Waals surface area contributed by atoms with Gasteiger partial charge in [-0.1, -0.05) is 32.8 Å². The minimum absolute atomic E-state index is 0.229. The van der Waals surface area contributed by atoms with Gasteiger partial charge in [-0.25, -0.2) is 14.2 Å². The summed E-state index contributed by atoms with van der Waals surface area (Å²) in [5, 5.41) is 15.7. The van der Waals surface area contributed by atoms with Gasteiger partial charge in [0.25, 0.3) is 0 Å². The van der Waals surface area contributed by atoms with E-state index in [0.717, 1.165) is 63.0 Å². The number of carbonyl (C=O) groups is 2. The zero-order valence-corrected chi connectivity index (χ0v) is 22.2. The quantitative estimate of drug-likeness (QED) is 0.259. The number of alkyl halides is 1. The fourth-order valence-electron chi connectivity index (χ4n) is 4.58. The molecule has 2 unspecified atom stereocenters. The van der Waals surface area contributed by atoms with Crippen LogP contribution in [0.4, 0.5) is 10.2 Å². The fourth-order valence-corrected chi connectivity index (χ4v) is 4.58. The van der Waals surface area contributed by atoms with E-state index in [0.29, 0.717) is 26.1 Å². The van der Waals surface area contributed by atoms with E-state index in [1.807, 2.05) is 18.7 Å². The summed E-state index contributed by atoms with van der Waals surface area (Å²) in [6, 6.07) is 3.28. The fraction of sp³-hybridized carbons (Fsp3) is 0.741. The molecule has 1 aliphatic rings. The van der Waals surface area contributed by atoms with Crippen molar-refractivity contribution >= 4 is 17.7 Å². The summed E-state index contributed by atoms with van der Waals surface area (Å²) in [4.78, 5) is 30.9. The Morgan fingerprint density at radius 3 is 2.69 bits per heavy atom. The van der Waals surface area contributed by atoms with Gasteiger partial charge in [0.2, 0.25) is 5.91 Å². The zero-order valence-electron chi connectivity index (χ0n) is 22.2. The Bertz CT molecular complexity index is 802. The summed E-state index contributed by atoms with van der Waals surface area (Å²) >= 11 is 0. The van der Waals surface area contributed by atoms with Gasteiger partial charge >= 0.3 is 5.97 Å². The zero-order chi connectivity index (χ0) is 26.3. The molecule has 1 aromatic heterocycles. The molecule has 3 N–H and O–H groups in total. The number of methoxy groups -OCH3 is 1. The number of pyridine rings is 1. The second-order valence-corrected chi connectivity index (χ2v) is 9.74. The van der Waals surface area contributed by atoms with Crippen LogP contribution >= 0.6 is 0 Å². The van der Waals surface area contributed by atoms with Crippen LogP contribution in [0.15, 0.2) is 12.1 Å². The van der Waals surface area contributed by atoms with Gasteiger partial charge in [0.15, 0.2) is 0 Å². The largest absolute Gasteiger partial charge is 0.480 e. The van der Waals surface area contributed by atoms with Gasteiger partial charge in [0.1, 0.15) is 18.5 Å². The maximum atomic E-state index is 13.3. The van der Waals surface area contributed by atoms with Crippen molar-refractivity contribution in [2.24, 2.45) is 5.92 Å². The Morgan fingerprint density at radius 1 is 1.25 bits per heavy atom. The number of aryl methyl sites for hydroxylation is 2. The van der Waals surface area contributed by atoms with Gasteiger partial charge < -0.3 is 25.4 Å². The van der Waals surface area contributed by atoms with E-state index in [1.165, 1.54) is 12.7 Å². The number of hydrogen-bond donors (Lipinski definition) is 3. The second-order valence-electron chi connectivity index (χ2n) is 9.74. The number of ether oxygens (including phenoxy) is 1. The molecule has 1 aliphatic heterocycles. The minimum Gasteiger partial charge on any atom is -0.480 e. The topological polar surface area (TPSA) is 104 Å². The molecule has 0 aromatic carbocycles. The van der Waals surface area contributed by atoms with E-state index < -0.39 is 24.8 Å². The van der Waals surface area contributed by atoms with Gasteiger partial charge in [0, 0.05) is 38.9 Å². The third kappa shape index (κ3) is 10.4. The average Bonchev–Trinajstić information content (AvgIpc) is 2.89. The number of fused-ring (bicyclic) bond motifs is 1. The number of carboxylic acid groups (broad SMARTS) is 1. The van der Waals surface area contributed by atoms with Gasteiger partial charge in [-0.3, -0.25) is 4.79 Å². The van der Waals surface area contributed by atoms with Crippen molar-refractivity contribution in [3.63, 3.8) is 0 Å². The highest BCUT2D eigenvalue weighted by atomic mass is 19.1. The first-order valence-corrected chi connectivity index (χ1v) is 13.5. The number of halogens is 1. The lowest BCUT2D eigenvalue weighted by molar-refractivity contribution is -0.142. The highest BCUT2D eigenvalue weighted by molar-refractivity contribution is 5.83. The lowest BCUT2D eigenvalue weighted by Crippen LogP contribution is -2.44. The molecule has 8 nitrogen and oxygen atoms in total. The monoisotopic (exact) mass is 508 g/mol. The molecule has 0 bridgehead atoms. The van der Waals surface area contributed by atoms with Crippen molar-refractivity contribution in [3.05, 3.63) is 23.4 Å². The first-order valence-electron chi connectivity index (χ1n) is 13.5. The van der Waals surface area contributed by atoms with Crippen molar-refractivity contribution in [2.75, 3.05) is 45.3 Å². The number of aromatic nitrogens is 1. The summed E-state index contributed by atoms with van der Waals surface area (Å²) < 4.78 is 18.6. The summed E-state index contributed by atoms with van der Waals surface area (Å²) in [5.41, 5.74) is 2.33. The number of hydrogen-bond acceptors (Lipinski definition) is 6. The maximum Gasteiger partial charge on any atom is 0.326 e. The molecule has 2 heterocycles. The summed E-state index contributed by atoms with van der Waals surface area (Å²) in [7, 11) is 1.48. The first-order chi connectivity index (χ1) is 17.4. The molecule has 9 heteroatoms. The van der Waals surface area contributed by atoms with E-state index in [-0.39, 0.29) is 18.2 Å². The Hall–Kier alpha value is -2.26. The predicted molar refractivity (Wildman–Crippen MR) is 140 cm³/mol. The molecule has 0 radical (unpaired) electrons. The molecular formula is C27H45FN4O4. The molecule has 0 aliphatic carbocycles. The molecule has 0 saturated heterocycles. The second kappa shape index (κ2) is 16.5. The minimum atomic E-state index is -1.05. The van der Waals surface area contributed by atoms with Crippen LogP contribution < -0.4 is 10.6 Å². The summed E-state index contributed by atoms with van der Waals surface area (Å²) in [5.74, 6) is -0.0255. The number of nitrogens with zero attached hydrogens (tertiary/aromatic N) is 2. The van der Waals surface area contributed by atoms with E-state index >= 15 is 0 Å². The van der Waals surface area contributed by atoms with E-state index in [1.54, 1.807) is 0 Å². The van der Waals surface area contributed by atoms with Crippen LogP contribution in [0.2, 0.25) is 0 Å². The Balaban J connectivity index is 1.87. The Labute approximate surface area is 215 Å². The molecule has 2 atom stereocenters. The van der Waals surface area contributed by atoms with Crippen LogP contribution in [0.1, 0.15) is 70.1 Å². The van der Waals surface area contributed by atoms with Crippen molar-refractivity contribution < 1.29 is 23.8 Å². The molecular weight excluding hydrogens is 463 g/mol. The van der Waals surface area contributed by atoms with Gasteiger partial charge in [-0.15, -0.1) is 0 Å². The third-order valence-corrected chi connectivity index (χ3v) is 7.07. The number of rotatable bonds is 18. The molecule has 0 spiro atoms. The predicted octanol–water partition coefficient (Wildman–Crippen LogP) is 3.83. The maximum absolute atomic E-state index is 13.3. The third-order valence-electron chi connectivity index (χ3n) is 7.07. The molecule has 0 fully saturated rings. The average molecular weight is 509 g/mol. The number of aliphatic carboxylic acids is 1. The summed E-state index contributed by atoms with van der Waals surface area (Å²) in [6.45, 7) is 5.92. The molecule has 0 saturated carbocycles. The van der Waals surface area contributed by atoms with E-state index in [9.17, 15) is 19.1 Å². The molecule has 204 valence electrons. The highest BCUT2D eigenvalue weighted by Crippen LogP contribution is 2.20. The van der Waals surface area contributed by atoms with Crippen LogP contribution in [-0.2, 0) is 27.2 Å². The molecule has 2 rings (SSSR count). The van der Waals surface area contributed by atoms with Crippen LogP contribution in [0.3, 0.4) is 0 Å². The molecule has 36 heavy (non-hydrogen) atoms. The Kier molecular flexibility index (Phi) is 13.7. The van der Waals surface area contributed by atoms with Gasteiger partial charge in [0.05, 0.1) is 6.10 Å².